The van der Waals surface area contributed by atoms with Crippen molar-refractivity contribution in [2.24, 2.45) is 0 Å². The number of piperazine rings is 1. The molecule has 0 bridgehead atoms. The molecule has 2 heterocycles. The third kappa shape index (κ3) is 3.66. The number of hydrogen-bond acceptors (Lipinski definition) is 5. The molecule has 0 spiro atoms. The maximum atomic E-state index is 9.15. The van der Waals surface area contributed by atoms with E-state index in [0.717, 1.165) is 38.4 Å². The van der Waals surface area contributed by atoms with E-state index in [0.29, 0.717) is 6.04 Å². The Balaban J connectivity index is 1.76. The highest BCUT2D eigenvalue weighted by molar-refractivity contribution is 5.17. The van der Waals surface area contributed by atoms with Gasteiger partial charge in [-0.3, -0.25) is 9.88 Å². The SMILES string of the molecule is CN1CCN(C)C(CNCc2ccc(O)cn2)C1. The molecule has 1 fully saturated rings. The first-order chi connectivity index (χ1) is 8.65. The fraction of sp³-hybridized carbons (Fsp3) is 0.615. The highest BCUT2D eigenvalue weighted by Crippen LogP contribution is 2.07. The van der Waals surface area contributed by atoms with Crippen LogP contribution in [0.2, 0.25) is 0 Å². The zero-order valence-corrected chi connectivity index (χ0v) is 11.1. The molecule has 1 atom stereocenters. The molecule has 2 rings (SSSR count). The molecule has 1 aromatic heterocycles. The molecule has 100 valence electrons. The average molecular weight is 250 g/mol. The van der Waals surface area contributed by atoms with Crippen LogP contribution in [0, 0.1) is 0 Å². The van der Waals surface area contributed by atoms with Crippen molar-refractivity contribution < 1.29 is 5.11 Å². The molecule has 1 aliphatic heterocycles. The molecule has 1 aromatic rings. The van der Waals surface area contributed by atoms with Gasteiger partial charge in [0.05, 0.1) is 11.9 Å². The van der Waals surface area contributed by atoms with Crippen molar-refractivity contribution in [2.75, 3.05) is 40.3 Å². The molecule has 0 radical (unpaired) electrons. The lowest BCUT2D eigenvalue weighted by Gasteiger charge is -2.37. The number of nitrogens with zero attached hydrogens (tertiary/aromatic N) is 3. The van der Waals surface area contributed by atoms with E-state index >= 15 is 0 Å². The molecule has 0 aliphatic carbocycles. The van der Waals surface area contributed by atoms with Crippen molar-refractivity contribution in [3.63, 3.8) is 0 Å². The molecule has 5 nitrogen and oxygen atoms in total. The Kier molecular flexibility index (Phi) is 4.52. The topological polar surface area (TPSA) is 51.6 Å². The van der Waals surface area contributed by atoms with Gasteiger partial charge in [-0.15, -0.1) is 0 Å². The minimum atomic E-state index is 0.215. The molecule has 0 aromatic carbocycles. The van der Waals surface area contributed by atoms with Gasteiger partial charge in [0.1, 0.15) is 5.75 Å². The zero-order chi connectivity index (χ0) is 13.0. The fourth-order valence-electron chi connectivity index (χ4n) is 2.21. The van der Waals surface area contributed by atoms with Crippen LogP contribution < -0.4 is 5.32 Å². The van der Waals surface area contributed by atoms with Gasteiger partial charge in [-0.05, 0) is 26.2 Å². The summed E-state index contributed by atoms with van der Waals surface area (Å²) in [5, 5.41) is 12.6. The van der Waals surface area contributed by atoms with Crippen LogP contribution in [0.3, 0.4) is 0 Å². The third-order valence-corrected chi connectivity index (χ3v) is 3.48. The van der Waals surface area contributed by atoms with E-state index < -0.39 is 0 Å². The molecular weight excluding hydrogens is 228 g/mol. The molecule has 2 N–H and O–H groups in total. The van der Waals surface area contributed by atoms with Crippen molar-refractivity contribution in [3.05, 3.63) is 24.0 Å². The Hall–Kier alpha value is -1.17. The van der Waals surface area contributed by atoms with Crippen LogP contribution in [0.1, 0.15) is 5.69 Å². The average Bonchev–Trinajstić information content (AvgIpc) is 2.36. The van der Waals surface area contributed by atoms with Crippen molar-refractivity contribution >= 4 is 0 Å². The number of nitrogens with one attached hydrogen (secondary N) is 1. The van der Waals surface area contributed by atoms with E-state index in [2.05, 4.69) is 34.2 Å². The van der Waals surface area contributed by atoms with E-state index in [4.69, 9.17) is 5.11 Å². The van der Waals surface area contributed by atoms with Gasteiger partial charge in [-0.1, -0.05) is 0 Å². The van der Waals surface area contributed by atoms with E-state index in [9.17, 15) is 0 Å². The zero-order valence-electron chi connectivity index (χ0n) is 11.1. The van der Waals surface area contributed by atoms with Crippen LogP contribution in [0.15, 0.2) is 18.3 Å². The summed E-state index contributed by atoms with van der Waals surface area (Å²) in [6.45, 7) is 5.08. The molecule has 18 heavy (non-hydrogen) atoms. The van der Waals surface area contributed by atoms with Crippen LogP contribution in [0.25, 0.3) is 0 Å². The van der Waals surface area contributed by atoms with Gasteiger partial charge in [0.25, 0.3) is 0 Å². The molecule has 0 amide bonds. The minimum absolute atomic E-state index is 0.215. The fourth-order valence-corrected chi connectivity index (χ4v) is 2.21. The van der Waals surface area contributed by atoms with Gasteiger partial charge in [0.15, 0.2) is 0 Å². The summed E-state index contributed by atoms with van der Waals surface area (Å²) in [5.74, 6) is 0.215. The Morgan fingerprint density at radius 1 is 1.39 bits per heavy atom. The number of hydrogen-bond donors (Lipinski definition) is 2. The monoisotopic (exact) mass is 250 g/mol. The summed E-state index contributed by atoms with van der Waals surface area (Å²) in [6, 6.07) is 4.07. The third-order valence-electron chi connectivity index (χ3n) is 3.48. The lowest BCUT2D eigenvalue weighted by Crippen LogP contribution is -2.53. The Bertz CT molecular complexity index is 368. The van der Waals surface area contributed by atoms with Crippen LogP contribution in [-0.4, -0.2) is 66.2 Å². The molecule has 1 saturated heterocycles. The maximum absolute atomic E-state index is 9.15. The quantitative estimate of drug-likeness (QED) is 0.795. The van der Waals surface area contributed by atoms with Gasteiger partial charge in [0, 0.05) is 38.8 Å². The Labute approximate surface area is 108 Å². The highest BCUT2D eigenvalue weighted by atomic mass is 16.3. The van der Waals surface area contributed by atoms with Crippen LogP contribution in [-0.2, 0) is 6.54 Å². The lowest BCUT2D eigenvalue weighted by atomic mass is 10.2. The predicted octanol–water partition coefficient (Wildman–Crippen LogP) is 0.123. The van der Waals surface area contributed by atoms with Gasteiger partial charge in [-0.2, -0.15) is 0 Å². The summed E-state index contributed by atoms with van der Waals surface area (Å²) >= 11 is 0. The van der Waals surface area contributed by atoms with Crippen molar-refractivity contribution in [1.82, 2.24) is 20.1 Å². The van der Waals surface area contributed by atoms with Crippen LogP contribution >= 0.6 is 0 Å². The van der Waals surface area contributed by atoms with Gasteiger partial charge in [0.2, 0.25) is 0 Å². The molecule has 5 heteroatoms. The smallest absolute Gasteiger partial charge is 0.133 e. The second kappa shape index (κ2) is 6.13. The highest BCUT2D eigenvalue weighted by Gasteiger charge is 2.21. The molecule has 0 saturated carbocycles. The normalized spacial score (nSPS) is 22.2. The van der Waals surface area contributed by atoms with Crippen LogP contribution in [0.4, 0.5) is 0 Å². The van der Waals surface area contributed by atoms with E-state index in [-0.39, 0.29) is 5.75 Å². The second-order valence-corrected chi connectivity index (χ2v) is 5.04. The first-order valence-corrected chi connectivity index (χ1v) is 6.38. The van der Waals surface area contributed by atoms with Crippen molar-refractivity contribution in [1.29, 1.82) is 0 Å². The second-order valence-electron chi connectivity index (χ2n) is 5.04. The molecule has 1 aliphatic rings. The minimum Gasteiger partial charge on any atom is -0.506 e. The van der Waals surface area contributed by atoms with Gasteiger partial charge in [-0.25, -0.2) is 0 Å². The standard InChI is InChI=1S/C13H22N4O/c1-16-5-6-17(2)12(10-16)8-14-7-11-3-4-13(18)9-15-11/h3-4,9,12,14,18H,5-8,10H2,1-2H3. The summed E-state index contributed by atoms with van der Waals surface area (Å²) in [6.07, 6.45) is 1.48. The van der Waals surface area contributed by atoms with Gasteiger partial charge >= 0.3 is 0 Å². The maximum Gasteiger partial charge on any atom is 0.133 e. The summed E-state index contributed by atoms with van der Waals surface area (Å²) < 4.78 is 0. The Morgan fingerprint density at radius 2 is 2.22 bits per heavy atom. The van der Waals surface area contributed by atoms with E-state index in [1.54, 1.807) is 6.07 Å². The number of aromatic nitrogens is 1. The summed E-state index contributed by atoms with van der Waals surface area (Å²) in [4.78, 5) is 8.92. The molecular formula is C13H22N4O. The van der Waals surface area contributed by atoms with Crippen molar-refractivity contribution in [3.8, 4) is 5.75 Å². The summed E-state index contributed by atoms with van der Waals surface area (Å²) in [7, 11) is 4.35. The van der Waals surface area contributed by atoms with Crippen molar-refractivity contribution in [2.45, 2.75) is 12.6 Å². The first kappa shape index (κ1) is 13.3. The number of likely N-dealkylation sites (N-methyl/N-ethyl adjacent to an activating group) is 2. The van der Waals surface area contributed by atoms with Gasteiger partial charge < -0.3 is 15.3 Å². The first-order valence-electron chi connectivity index (χ1n) is 6.38. The number of rotatable bonds is 4. The predicted molar refractivity (Wildman–Crippen MR) is 71.5 cm³/mol. The Morgan fingerprint density at radius 3 is 2.94 bits per heavy atom. The summed E-state index contributed by atoms with van der Waals surface area (Å²) in [5.41, 5.74) is 0.958. The van der Waals surface area contributed by atoms with E-state index in [1.807, 2.05) is 6.07 Å². The number of pyridine rings is 1. The number of aromatic hydroxyl groups is 1. The van der Waals surface area contributed by atoms with E-state index in [1.165, 1.54) is 6.20 Å². The molecule has 1 unspecified atom stereocenters. The lowest BCUT2D eigenvalue weighted by molar-refractivity contribution is 0.113. The van der Waals surface area contributed by atoms with Crippen LogP contribution in [0.5, 0.6) is 5.75 Å². The largest absolute Gasteiger partial charge is 0.506 e.